The number of anilines is 1. The Morgan fingerprint density at radius 3 is 2.58 bits per heavy atom. The Morgan fingerprint density at radius 2 is 1.88 bits per heavy atom. The molecule has 3 aliphatic rings. The Bertz CT molecular complexity index is 1260. The number of ether oxygens (including phenoxy) is 2. The summed E-state index contributed by atoms with van der Waals surface area (Å²) in [6.07, 6.45) is 2.58. The summed E-state index contributed by atoms with van der Waals surface area (Å²) < 4.78 is 13.2. The molecule has 2 N–H and O–H groups in total. The summed E-state index contributed by atoms with van der Waals surface area (Å²) in [6, 6.07) is 7.81. The van der Waals surface area contributed by atoms with Gasteiger partial charge in [-0.05, 0) is 82.8 Å². The number of aromatic nitrogens is 2. The Balaban J connectivity index is 1.14. The van der Waals surface area contributed by atoms with Gasteiger partial charge in [-0.3, -0.25) is 24.5 Å². The molecule has 0 radical (unpaired) electrons. The van der Waals surface area contributed by atoms with Crippen LogP contribution in [0, 0.1) is 0 Å². The van der Waals surface area contributed by atoms with Crippen molar-refractivity contribution < 1.29 is 23.9 Å². The van der Waals surface area contributed by atoms with Gasteiger partial charge in [0.2, 0.25) is 11.8 Å². The van der Waals surface area contributed by atoms with Crippen LogP contribution in [0.3, 0.4) is 0 Å². The summed E-state index contributed by atoms with van der Waals surface area (Å²) >= 11 is 0. The second-order valence-electron chi connectivity index (χ2n) is 11.9. The van der Waals surface area contributed by atoms with E-state index in [4.69, 9.17) is 14.6 Å². The largest absolute Gasteiger partial charge is 0.495 e. The SMILES string of the molecule is COc1cc(C2CCN(Cc3cc4n(n3)CCN(C(=O)OC(C)(C)C)C4)CC2)ccc1NC1CCC(=O)NC1=O. The second kappa shape index (κ2) is 11.5. The molecule has 216 valence electrons. The van der Waals surface area contributed by atoms with E-state index in [2.05, 4.69) is 33.7 Å². The minimum Gasteiger partial charge on any atom is -0.495 e. The van der Waals surface area contributed by atoms with Crippen LogP contribution in [0.2, 0.25) is 0 Å². The lowest BCUT2D eigenvalue weighted by molar-refractivity contribution is -0.133. The third-order valence-electron chi connectivity index (χ3n) is 7.74. The van der Waals surface area contributed by atoms with E-state index < -0.39 is 11.6 Å². The number of nitrogens with zero attached hydrogens (tertiary/aromatic N) is 4. The maximum Gasteiger partial charge on any atom is 0.410 e. The van der Waals surface area contributed by atoms with Crippen LogP contribution in [0.4, 0.5) is 10.5 Å². The molecule has 1 atom stereocenters. The number of hydrogen-bond acceptors (Lipinski definition) is 8. The van der Waals surface area contributed by atoms with E-state index in [1.54, 1.807) is 12.0 Å². The van der Waals surface area contributed by atoms with E-state index in [1.807, 2.05) is 31.5 Å². The number of imide groups is 1. The van der Waals surface area contributed by atoms with Gasteiger partial charge in [0.25, 0.3) is 0 Å². The normalized spacial score (nSPS) is 20.6. The zero-order valence-corrected chi connectivity index (χ0v) is 23.9. The molecule has 3 amide bonds. The highest BCUT2D eigenvalue weighted by Gasteiger charge is 2.29. The minimum absolute atomic E-state index is 0.228. The average Bonchev–Trinajstić information content (AvgIpc) is 3.31. The molecule has 11 nitrogen and oxygen atoms in total. The number of benzene rings is 1. The highest BCUT2D eigenvalue weighted by atomic mass is 16.6. The van der Waals surface area contributed by atoms with Crippen molar-refractivity contribution in [2.45, 2.75) is 83.6 Å². The first-order chi connectivity index (χ1) is 19.1. The molecule has 4 heterocycles. The van der Waals surface area contributed by atoms with Gasteiger partial charge in [0.05, 0.1) is 37.3 Å². The first kappa shape index (κ1) is 27.9. The molecule has 0 bridgehead atoms. The van der Waals surface area contributed by atoms with E-state index in [1.165, 1.54) is 5.56 Å². The van der Waals surface area contributed by atoms with Gasteiger partial charge in [0.15, 0.2) is 0 Å². The monoisotopic (exact) mass is 552 g/mol. The standard InChI is InChI=1S/C29H40N6O5/c1-29(2,3)40-28(38)34-13-14-35-22(18-34)16-21(32-35)17-33-11-9-19(10-12-33)20-5-6-23(25(15-20)39-4)30-24-7-8-26(36)31-27(24)37/h5-6,15-16,19,24,30H,7-14,17-18H2,1-4H3,(H,31,36,37). The Kier molecular flexibility index (Phi) is 8.02. The van der Waals surface area contributed by atoms with Crippen molar-refractivity contribution in [3.8, 4) is 5.75 Å². The molecule has 0 spiro atoms. The summed E-state index contributed by atoms with van der Waals surface area (Å²) in [5, 5.41) is 10.4. The van der Waals surface area contributed by atoms with Crippen LogP contribution in [0.15, 0.2) is 24.3 Å². The third kappa shape index (κ3) is 6.57. The maximum absolute atomic E-state index is 12.5. The number of fused-ring (bicyclic) bond motifs is 1. The zero-order chi connectivity index (χ0) is 28.4. The number of nitrogens with one attached hydrogen (secondary N) is 2. The van der Waals surface area contributed by atoms with E-state index in [9.17, 15) is 14.4 Å². The first-order valence-electron chi connectivity index (χ1n) is 14.1. The van der Waals surface area contributed by atoms with Crippen molar-refractivity contribution in [3.63, 3.8) is 0 Å². The number of piperidine rings is 2. The molecule has 40 heavy (non-hydrogen) atoms. The van der Waals surface area contributed by atoms with E-state index in [-0.39, 0.29) is 17.9 Å². The van der Waals surface area contributed by atoms with Crippen LogP contribution >= 0.6 is 0 Å². The van der Waals surface area contributed by atoms with Crippen LogP contribution in [-0.4, -0.2) is 75.9 Å². The Labute approximate surface area is 235 Å². The number of likely N-dealkylation sites (tertiary alicyclic amines) is 1. The summed E-state index contributed by atoms with van der Waals surface area (Å²) in [4.78, 5) is 40.3. The number of hydrogen-bond donors (Lipinski definition) is 2. The van der Waals surface area contributed by atoms with Crippen molar-refractivity contribution in [1.82, 2.24) is 24.9 Å². The Morgan fingerprint density at radius 1 is 1.10 bits per heavy atom. The van der Waals surface area contributed by atoms with Crippen molar-refractivity contribution in [1.29, 1.82) is 0 Å². The molecule has 2 fully saturated rings. The predicted octanol–water partition coefficient (Wildman–Crippen LogP) is 3.24. The van der Waals surface area contributed by atoms with Crippen LogP contribution in [-0.2, 0) is 34.0 Å². The quantitative estimate of drug-likeness (QED) is 0.525. The fourth-order valence-electron chi connectivity index (χ4n) is 5.64. The molecule has 0 saturated carbocycles. The molecule has 1 aromatic carbocycles. The van der Waals surface area contributed by atoms with Crippen LogP contribution < -0.4 is 15.4 Å². The molecule has 0 aliphatic carbocycles. The Hall–Kier alpha value is -3.60. The van der Waals surface area contributed by atoms with Gasteiger partial charge >= 0.3 is 6.09 Å². The van der Waals surface area contributed by atoms with Gasteiger partial charge < -0.3 is 19.7 Å². The number of carbonyl (C=O) groups excluding carboxylic acids is 3. The summed E-state index contributed by atoms with van der Waals surface area (Å²) in [7, 11) is 1.63. The smallest absolute Gasteiger partial charge is 0.410 e. The molecule has 1 unspecified atom stereocenters. The van der Waals surface area contributed by atoms with Gasteiger partial charge in [0, 0.05) is 19.5 Å². The van der Waals surface area contributed by atoms with Gasteiger partial charge in [-0.2, -0.15) is 5.10 Å². The molecule has 2 saturated heterocycles. The number of methoxy groups -OCH3 is 1. The van der Waals surface area contributed by atoms with E-state index in [0.717, 1.165) is 49.6 Å². The first-order valence-corrected chi connectivity index (χ1v) is 14.1. The van der Waals surface area contributed by atoms with Crippen LogP contribution in [0.5, 0.6) is 5.75 Å². The van der Waals surface area contributed by atoms with Crippen molar-refractivity contribution in [2.75, 3.05) is 32.1 Å². The number of carbonyl (C=O) groups is 3. The topological polar surface area (TPSA) is 118 Å². The van der Waals surface area contributed by atoms with Crippen molar-refractivity contribution in [2.24, 2.45) is 0 Å². The van der Waals surface area contributed by atoms with E-state index >= 15 is 0 Å². The molecule has 1 aromatic heterocycles. The minimum atomic E-state index is -0.508. The number of amides is 3. The van der Waals surface area contributed by atoms with E-state index in [0.29, 0.717) is 44.1 Å². The van der Waals surface area contributed by atoms with Gasteiger partial charge in [-0.25, -0.2) is 4.79 Å². The summed E-state index contributed by atoms with van der Waals surface area (Å²) in [6.45, 7) is 10.2. The lowest BCUT2D eigenvalue weighted by Gasteiger charge is -2.32. The highest BCUT2D eigenvalue weighted by molar-refractivity contribution is 6.01. The van der Waals surface area contributed by atoms with Gasteiger partial charge in [-0.15, -0.1) is 0 Å². The zero-order valence-electron chi connectivity index (χ0n) is 23.9. The van der Waals surface area contributed by atoms with Crippen molar-refractivity contribution >= 4 is 23.6 Å². The predicted molar refractivity (Wildman–Crippen MR) is 149 cm³/mol. The summed E-state index contributed by atoms with van der Waals surface area (Å²) in [5.41, 5.74) is 3.55. The third-order valence-corrected chi connectivity index (χ3v) is 7.74. The molecule has 2 aromatic rings. The lowest BCUT2D eigenvalue weighted by atomic mass is 9.89. The van der Waals surface area contributed by atoms with Gasteiger partial charge in [-0.1, -0.05) is 6.07 Å². The van der Waals surface area contributed by atoms with Gasteiger partial charge in [0.1, 0.15) is 17.4 Å². The fraction of sp³-hybridized carbons (Fsp3) is 0.586. The second-order valence-corrected chi connectivity index (χ2v) is 11.9. The highest BCUT2D eigenvalue weighted by Crippen LogP contribution is 2.35. The molecular weight excluding hydrogens is 512 g/mol. The van der Waals surface area contributed by atoms with Crippen molar-refractivity contribution in [3.05, 3.63) is 41.2 Å². The maximum atomic E-state index is 12.5. The van der Waals surface area contributed by atoms with Crippen LogP contribution in [0.25, 0.3) is 0 Å². The summed E-state index contributed by atoms with van der Waals surface area (Å²) in [5.74, 6) is 0.601. The van der Waals surface area contributed by atoms with Crippen LogP contribution in [0.1, 0.15) is 69.3 Å². The average molecular weight is 553 g/mol. The molecule has 3 aliphatic heterocycles. The molecule has 5 rings (SSSR count). The lowest BCUT2D eigenvalue weighted by Crippen LogP contribution is -2.47. The fourth-order valence-corrected chi connectivity index (χ4v) is 5.64. The molecule has 11 heteroatoms. The number of rotatable bonds is 6. The molecular formula is C29H40N6O5.